The molecule has 25 heavy (non-hydrogen) atoms. The molecule has 2 aromatic rings. The van der Waals surface area contributed by atoms with E-state index in [0.29, 0.717) is 19.1 Å². The maximum absolute atomic E-state index is 13.4. The lowest BCUT2D eigenvalue weighted by atomic mass is 10.0. The summed E-state index contributed by atoms with van der Waals surface area (Å²) in [5.41, 5.74) is 1.82. The summed E-state index contributed by atoms with van der Waals surface area (Å²) in [6.07, 6.45) is 0.839. The van der Waals surface area contributed by atoms with E-state index in [1.54, 1.807) is 13.1 Å². The predicted octanol–water partition coefficient (Wildman–Crippen LogP) is 3.34. The minimum atomic E-state index is -0.629. The van der Waals surface area contributed by atoms with Gasteiger partial charge in [-0.2, -0.15) is 0 Å². The minimum absolute atomic E-state index is 0. The topological polar surface area (TPSA) is 65.9 Å². The fourth-order valence-corrected chi connectivity index (χ4v) is 2.70. The number of para-hydroxylation sites is 1. The van der Waals surface area contributed by atoms with Crippen LogP contribution >= 0.6 is 24.0 Å². The summed E-state index contributed by atoms with van der Waals surface area (Å²) in [6.45, 7) is 1.05. The van der Waals surface area contributed by atoms with Crippen molar-refractivity contribution in [2.75, 3.05) is 13.7 Å². The summed E-state index contributed by atoms with van der Waals surface area (Å²) in [5.74, 6) is 0.540. The molecule has 0 fully saturated rings. The highest BCUT2D eigenvalue weighted by Crippen LogP contribution is 2.31. The molecule has 2 aromatic carbocycles. The van der Waals surface area contributed by atoms with Crippen LogP contribution < -0.4 is 15.4 Å². The zero-order chi connectivity index (χ0) is 16.9. The number of nitrogens with zero attached hydrogens (tertiary/aromatic N) is 1. The number of phenols is 1. The molecule has 0 aromatic heterocycles. The fourth-order valence-electron chi connectivity index (χ4n) is 2.70. The van der Waals surface area contributed by atoms with E-state index in [0.717, 1.165) is 23.3 Å². The van der Waals surface area contributed by atoms with E-state index < -0.39 is 5.82 Å². The number of nitrogens with one attached hydrogen (secondary N) is 2. The van der Waals surface area contributed by atoms with Crippen molar-refractivity contribution in [3.05, 3.63) is 59.4 Å². The first-order chi connectivity index (χ1) is 11.7. The standard InChI is InChI=1S/C18H20FN3O2.HI/c1-20-18(21-11-12-6-7-16(23)14(19)10-12)22-15-8-9-24-17-5-3-2-4-13(15)17;/h2-7,10,15,23H,8-9,11H2,1H3,(H2,20,21,22);1H. The Morgan fingerprint density at radius 1 is 1.32 bits per heavy atom. The molecule has 1 aliphatic heterocycles. The van der Waals surface area contributed by atoms with E-state index in [9.17, 15) is 9.50 Å². The number of aliphatic imine (C=N–C) groups is 1. The zero-order valence-corrected chi connectivity index (χ0v) is 16.2. The van der Waals surface area contributed by atoms with Crippen LogP contribution in [0, 0.1) is 5.82 Å². The van der Waals surface area contributed by atoms with Crippen LogP contribution in [0.3, 0.4) is 0 Å². The van der Waals surface area contributed by atoms with Gasteiger partial charge in [-0.1, -0.05) is 24.3 Å². The third-order valence-electron chi connectivity index (χ3n) is 3.97. The van der Waals surface area contributed by atoms with Gasteiger partial charge in [-0.25, -0.2) is 4.39 Å². The van der Waals surface area contributed by atoms with E-state index in [1.165, 1.54) is 12.1 Å². The number of phenolic OH excluding ortho intramolecular Hbond substituents is 1. The first-order valence-electron chi connectivity index (χ1n) is 7.83. The lowest BCUT2D eigenvalue weighted by Crippen LogP contribution is -2.40. The predicted molar refractivity (Wildman–Crippen MR) is 106 cm³/mol. The Balaban J connectivity index is 0.00000225. The lowest BCUT2D eigenvalue weighted by molar-refractivity contribution is 0.261. The molecule has 0 spiro atoms. The third kappa shape index (κ3) is 4.75. The molecule has 1 heterocycles. The number of hydrogen-bond donors (Lipinski definition) is 3. The molecule has 0 radical (unpaired) electrons. The highest BCUT2D eigenvalue weighted by molar-refractivity contribution is 14.0. The first kappa shape index (κ1) is 19.3. The third-order valence-corrected chi connectivity index (χ3v) is 3.97. The largest absolute Gasteiger partial charge is 0.505 e. The van der Waals surface area contributed by atoms with Gasteiger partial charge in [0.15, 0.2) is 17.5 Å². The van der Waals surface area contributed by atoms with Crippen molar-refractivity contribution in [3.8, 4) is 11.5 Å². The summed E-state index contributed by atoms with van der Waals surface area (Å²) >= 11 is 0. The number of benzene rings is 2. The fraction of sp³-hybridized carbons (Fsp3) is 0.278. The van der Waals surface area contributed by atoms with Gasteiger partial charge in [0, 0.05) is 25.6 Å². The van der Waals surface area contributed by atoms with Gasteiger partial charge < -0.3 is 20.5 Å². The second-order valence-corrected chi connectivity index (χ2v) is 5.58. The van der Waals surface area contributed by atoms with Crippen LogP contribution in [-0.4, -0.2) is 24.7 Å². The van der Waals surface area contributed by atoms with Gasteiger partial charge in [0.2, 0.25) is 0 Å². The average Bonchev–Trinajstić information content (AvgIpc) is 2.61. The van der Waals surface area contributed by atoms with Gasteiger partial charge in [0.05, 0.1) is 12.6 Å². The van der Waals surface area contributed by atoms with E-state index in [2.05, 4.69) is 15.6 Å². The monoisotopic (exact) mass is 457 g/mol. The molecule has 3 rings (SSSR count). The lowest BCUT2D eigenvalue weighted by Gasteiger charge is -2.28. The SMILES string of the molecule is CN=C(NCc1ccc(O)c(F)c1)NC1CCOc2ccccc21.I. The number of halogens is 2. The van der Waals surface area contributed by atoms with Crippen molar-refractivity contribution in [2.24, 2.45) is 4.99 Å². The number of aromatic hydroxyl groups is 1. The van der Waals surface area contributed by atoms with Gasteiger partial charge in [-0.3, -0.25) is 4.99 Å². The quantitative estimate of drug-likeness (QED) is 0.376. The maximum Gasteiger partial charge on any atom is 0.191 e. The molecule has 0 bridgehead atoms. The number of rotatable bonds is 3. The van der Waals surface area contributed by atoms with Crippen molar-refractivity contribution in [1.29, 1.82) is 0 Å². The van der Waals surface area contributed by atoms with Crippen LogP contribution in [0.4, 0.5) is 4.39 Å². The highest BCUT2D eigenvalue weighted by Gasteiger charge is 2.21. The molecule has 7 heteroatoms. The van der Waals surface area contributed by atoms with Gasteiger partial charge >= 0.3 is 0 Å². The van der Waals surface area contributed by atoms with Crippen molar-refractivity contribution < 1.29 is 14.2 Å². The Morgan fingerprint density at radius 3 is 2.88 bits per heavy atom. The molecule has 0 saturated carbocycles. The molecule has 0 amide bonds. The summed E-state index contributed by atoms with van der Waals surface area (Å²) in [7, 11) is 1.69. The highest BCUT2D eigenvalue weighted by atomic mass is 127. The van der Waals surface area contributed by atoms with Crippen LogP contribution in [0.15, 0.2) is 47.5 Å². The molecule has 1 atom stereocenters. The average molecular weight is 457 g/mol. The Kier molecular flexibility index (Phi) is 6.86. The molecule has 1 aliphatic rings. The van der Waals surface area contributed by atoms with Crippen LogP contribution in [0.1, 0.15) is 23.6 Å². The molecule has 1 unspecified atom stereocenters. The second-order valence-electron chi connectivity index (χ2n) is 5.58. The van der Waals surface area contributed by atoms with Crippen molar-refractivity contribution in [2.45, 2.75) is 19.0 Å². The molecular weight excluding hydrogens is 436 g/mol. The Morgan fingerprint density at radius 2 is 2.12 bits per heavy atom. The maximum atomic E-state index is 13.4. The van der Waals surface area contributed by atoms with Gasteiger partial charge in [-0.05, 0) is 23.8 Å². The Bertz CT molecular complexity index is 755. The van der Waals surface area contributed by atoms with Gasteiger partial charge in [-0.15, -0.1) is 24.0 Å². The van der Waals surface area contributed by atoms with E-state index in [1.807, 2.05) is 24.3 Å². The molecule has 5 nitrogen and oxygen atoms in total. The van der Waals surface area contributed by atoms with Crippen molar-refractivity contribution in [1.82, 2.24) is 10.6 Å². The van der Waals surface area contributed by atoms with E-state index in [4.69, 9.17) is 4.74 Å². The summed E-state index contributed by atoms with van der Waals surface area (Å²) in [5, 5.41) is 15.8. The van der Waals surface area contributed by atoms with Crippen LogP contribution in [0.25, 0.3) is 0 Å². The Labute approximate surface area is 163 Å². The van der Waals surface area contributed by atoms with Crippen LogP contribution in [0.5, 0.6) is 11.5 Å². The molecule has 0 saturated heterocycles. The van der Waals surface area contributed by atoms with Crippen LogP contribution in [0.2, 0.25) is 0 Å². The number of ether oxygens (including phenoxy) is 1. The van der Waals surface area contributed by atoms with Gasteiger partial charge in [0.1, 0.15) is 5.75 Å². The molecular formula is C18H21FIN3O2. The summed E-state index contributed by atoms with van der Waals surface area (Å²) in [6, 6.07) is 12.4. The number of fused-ring (bicyclic) bond motifs is 1. The summed E-state index contributed by atoms with van der Waals surface area (Å²) < 4.78 is 19.0. The molecule has 3 N–H and O–H groups in total. The second kappa shape index (κ2) is 8.89. The smallest absolute Gasteiger partial charge is 0.191 e. The Hall–Kier alpha value is -2.03. The molecule has 134 valence electrons. The normalized spacial score (nSPS) is 16.2. The minimum Gasteiger partial charge on any atom is -0.505 e. The number of hydrogen-bond acceptors (Lipinski definition) is 3. The van der Waals surface area contributed by atoms with E-state index in [-0.39, 0.29) is 35.8 Å². The van der Waals surface area contributed by atoms with Gasteiger partial charge in [0.25, 0.3) is 0 Å². The van der Waals surface area contributed by atoms with Crippen molar-refractivity contribution in [3.63, 3.8) is 0 Å². The van der Waals surface area contributed by atoms with Crippen molar-refractivity contribution >= 4 is 29.9 Å². The zero-order valence-electron chi connectivity index (χ0n) is 13.8. The summed E-state index contributed by atoms with van der Waals surface area (Å²) in [4.78, 5) is 4.22. The van der Waals surface area contributed by atoms with E-state index >= 15 is 0 Å². The van der Waals surface area contributed by atoms with Crippen LogP contribution in [-0.2, 0) is 6.54 Å². The number of guanidine groups is 1. The first-order valence-corrected chi connectivity index (χ1v) is 7.83. The molecule has 0 aliphatic carbocycles.